The summed E-state index contributed by atoms with van der Waals surface area (Å²) in [6, 6.07) is 19.2. The predicted molar refractivity (Wildman–Crippen MR) is 116 cm³/mol. The van der Waals surface area contributed by atoms with Crippen LogP contribution in [-0.2, 0) is 0 Å². The minimum atomic E-state index is 0.390. The average molecular weight is 393 g/mol. The molecule has 2 bridgehead atoms. The van der Waals surface area contributed by atoms with Gasteiger partial charge in [-0.1, -0.05) is 44.5 Å². The first-order chi connectivity index (χ1) is 13.3. The molecule has 1 saturated carbocycles. The van der Waals surface area contributed by atoms with Crippen molar-refractivity contribution in [2.24, 2.45) is 10.8 Å². The first kappa shape index (κ1) is 18.0. The maximum absolute atomic E-state index is 6.30. The third kappa shape index (κ3) is 3.08. The molecule has 2 unspecified atom stereocenters. The van der Waals surface area contributed by atoms with Gasteiger partial charge in [-0.05, 0) is 48.2 Å². The zero-order chi connectivity index (χ0) is 19.5. The van der Waals surface area contributed by atoms with Crippen molar-refractivity contribution in [1.29, 1.82) is 0 Å². The molecule has 2 aromatic carbocycles. The number of benzene rings is 2. The molecule has 2 heterocycles. The summed E-state index contributed by atoms with van der Waals surface area (Å²) >= 11 is 6.09. The summed E-state index contributed by atoms with van der Waals surface area (Å²) in [5.41, 5.74) is 2.79. The van der Waals surface area contributed by atoms with E-state index in [9.17, 15) is 0 Å². The van der Waals surface area contributed by atoms with E-state index in [0.717, 1.165) is 28.5 Å². The number of hydrogen-bond donors (Lipinski definition) is 0. The summed E-state index contributed by atoms with van der Waals surface area (Å²) < 4.78 is 8.95. The van der Waals surface area contributed by atoms with Crippen LogP contribution in [0.3, 0.4) is 0 Å². The maximum atomic E-state index is 6.30. The van der Waals surface area contributed by atoms with Gasteiger partial charge in [0.2, 0.25) is 5.36 Å². The molecule has 2 nitrogen and oxygen atoms in total. The molecule has 0 amide bonds. The number of hydrogen-bond acceptors (Lipinski definition) is 1. The molecular formula is C25H27ClNO+. The van der Waals surface area contributed by atoms with Gasteiger partial charge in [0.05, 0.1) is 11.5 Å². The van der Waals surface area contributed by atoms with Crippen molar-refractivity contribution >= 4 is 22.6 Å². The molecule has 0 N–H and O–H groups in total. The Kier molecular flexibility index (Phi) is 4.00. The summed E-state index contributed by atoms with van der Waals surface area (Å²) in [5.74, 6) is 0.899. The molecule has 144 valence electrons. The smallest absolute Gasteiger partial charge is 0.215 e. The second-order valence-electron chi connectivity index (χ2n) is 9.84. The predicted octanol–water partition coefficient (Wildman–Crippen LogP) is 6.12. The van der Waals surface area contributed by atoms with E-state index in [4.69, 9.17) is 16.0 Å². The lowest BCUT2D eigenvalue weighted by atomic mass is 9.65. The fraction of sp³-hybridized carbons (Fsp3) is 0.400. The number of rotatable bonds is 1. The van der Waals surface area contributed by atoms with Crippen molar-refractivity contribution < 1.29 is 4.42 Å². The van der Waals surface area contributed by atoms with E-state index in [1.165, 1.54) is 30.0 Å². The molecule has 5 rings (SSSR count). The Morgan fingerprint density at radius 3 is 2.54 bits per heavy atom. The summed E-state index contributed by atoms with van der Waals surface area (Å²) in [4.78, 5) is 0. The average Bonchev–Trinajstić information content (AvgIpc) is 2.90. The maximum Gasteiger partial charge on any atom is 0.215 e. The van der Waals surface area contributed by atoms with Crippen molar-refractivity contribution in [3.63, 3.8) is 0 Å². The first-order valence-corrected chi connectivity index (χ1v) is 10.6. The fourth-order valence-electron chi connectivity index (χ4n) is 5.85. The lowest BCUT2D eigenvalue weighted by Gasteiger charge is -2.36. The third-order valence-electron chi connectivity index (χ3n) is 6.50. The van der Waals surface area contributed by atoms with Crippen LogP contribution in [0.15, 0.2) is 59.0 Å². The normalized spacial score (nSPS) is 27.9. The Bertz CT molecular complexity index is 1130. The van der Waals surface area contributed by atoms with Crippen LogP contribution in [0, 0.1) is 10.8 Å². The molecule has 1 aliphatic heterocycles. The molecule has 1 saturated heterocycles. The summed E-state index contributed by atoms with van der Waals surface area (Å²) in [5, 5.41) is 3.25. The van der Waals surface area contributed by atoms with Gasteiger partial charge in [-0.15, -0.1) is 0 Å². The van der Waals surface area contributed by atoms with E-state index >= 15 is 0 Å². The van der Waals surface area contributed by atoms with E-state index in [-0.39, 0.29) is 0 Å². The fourth-order valence-corrected chi connectivity index (χ4v) is 5.98. The molecule has 2 atom stereocenters. The van der Waals surface area contributed by atoms with Crippen molar-refractivity contribution in [3.8, 4) is 11.3 Å². The zero-order valence-corrected chi connectivity index (χ0v) is 17.6. The van der Waals surface area contributed by atoms with Crippen molar-refractivity contribution in [2.75, 3.05) is 6.54 Å². The van der Waals surface area contributed by atoms with Crippen molar-refractivity contribution in [3.05, 3.63) is 65.0 Å². The number of halogens is 1. The molecule has 1 aromatic heterocycles. The molecule has 2 fully saturated rings. The Labute approximate surface area is 171 Å². The first-order valence-electron chi connectivity index (χ1n) is 10.2. The second-order valence-corrected chi connectivity index (χ2v) is 10.3. The van der Waals surface area contributed by atoms with Crippen molar-refractivity contribution in [1.82, 2.24) is 4.58 Å². The Morgan fingerprint density at radius 1 is 1.00 bits per heavy atom. The largest absolute Gasteiger partial charge is 0.456 e. The molecular weight excluding hydrogens is 366 g/mol. The standard InChI is InChI=1S/C25H27ClNO/c1-24(2)13-19-14-25(3,15-24)16-27(19)21-12-23(17-8-10-18(26)11-9-17)28-22-7-5-4-6-20(21)22/h4-12,19H,13-16H2,1-3H3/q+1. The van der Waals surface area contributed by atoms with Gasteiger partial charge in [0.1, 0.15) is 17.9 Å². The van der Waals surface area contributed by atoms with Crippen LogP contribution in [0.4, 0.5) is 0 Å². The SMILES string of the molecule is CC1(C)CC2CC(C)(C[N+]2=c2cc(-c3ccc(Cl)cc3)oc3ccccc23)C1. The summed E-state index contributed by atoms with van der Waals surface area (Å²) in [6.45, 7) is 8.45. The number of fused-ring (bicyclic) bond motifs is 3. The van der Waals surface area contributed by atoms with Gasteiger partial charge in [0.15, 0.2) is 6.04 Å². The molecule has 2 aliphatic rings. The van der Waals surface area contributed by atoms with Gasteiger partial charge in [-0.2, -0.15) is 0 Å². The number of para-hydroxylation sites is 1. The number of nitrogens with zero attached hydrogens (tertiary/aromatic N) is 1. The van der Waals surface area contributed by atoms with Crippen LogP contribution < -0.4 is 9.93 Å². The lowest BCUT2D eigenvalue weighted by Crippen LogP contribution is -2.37. The molecule has 0 spiro atoms. The van der Waals surface area contributed by atoms with Crippen LogP contribution in [0.2, 0.25) is 5.02 Å². The van der Waals surface area contributed by atoms with Crippen LogP contribution in [-0.4, -0.2) is 12.6 Å². The van der Waals surface area contributed by atoms with Crippen LogP contribution >= 0.6 is 11.6 Å². The van der Waals surface area contributed by atoms with Crippen molar-refractivity contribution in [2.45, 2.75) is 46.1 Å². The topological polar surface area (TPSA) is 16.1 Å². The Balaban J connectivity index is 1.77. The van der Waals surface area contributed by atoms with Crippen LogP contribution in [0.25, 0.3) is 22.3 Å². The minimum absolute atomic E-state index is 0.390. The summed E-state index contributed by atoms with van der Waals surface area (Å²) in [6.07, 6.45) is 3.83. The highest BCUT2D eigenvalue weighted by Gasteiger charge is 2.53. The van der Waals surface area contributed by atoms with E-state index in [1.54, 1.807) is 0 Å². The van der Waals surface area contributed by atoms with Gasteiger partial charge < -0.3 is 4.42 Å². The van der Waals surface area contributed by atoms with Gasteiger partial charge >= 0.3 is 0 Å². The molecule has 3 heteroatoms. The molecule has 0 radical (unpaired) electrons. The van der Waals surface area contributed by atoms with Crippen LogP contribution in [0.5, 0.6) is 0 Å². The highest BCUT2D eigenvalue weighted by atomic mass is 35.5. The Morgan fingerprint density at radius 2 is 1.75 bits per heavy atom. The van der Waals surface area contributed by atoms with E-state index < -0.39 is 0 Å². The minimum Gasteiger partial charge on any atom is -0.456 e. The highest BCUT2D eigenvalue weighted by Crippen LogP contribution is 2.50. The quantitative estimate of drug-likeness (QED) is 0.455. The second kappa shape index (κ2) is 6.22. The molecule has 3 aromatic rings. The highest BCUT2D eigenvalue weighted by molar-refractivity contribution is 6.30. The zero-order valence-electron chi connectivity index (χ0n) is 16.8. The van der Waals surface area contributed by atoms with Gasteiger partial charge in [0, 0.05) is 28.8 Å². The van der Waals surface area contributed by atoms with E-state index in [2.05, 4.69) is 49.6 Å². The lowest BCUT2D eigenvalue weighted by molar-refractivity contribution is 0.135. The molecule has 28 heavy (non-hydrogen) atoms. The van der Waals surface area contributed by atoms with Crippen LogP contribution in [0.1, 0.15) is 40.0 Å². The molecule has 1 aliphatic carbocycles. The van der Waals surface area contributed by atoms with E-state index in [0.29, 0.717) is 16.9 Å². The van der Waals surface area contributed by atoms with Gasteiger partial charge in [0.25, 0.3) is 0 Å². The third-order valence-corrected chi connectivity index (χ3v) is 6.76. The van der Waals surface area contributed by atoms with Gasteiger partial charge in [-0.3, -0.25) is 0 Å². The van der Waals surface area contributed by atoms with E-state index in [1.807, 2.05) is 30.3 Å². The monoisotopic (exact) mass is 392 g/mol. The summed E-state index contributed by atoms with van der Waals surface area (Å²) in [7, 11) is 0. The van der Waals surface area contributed by atoms with Gasteiger partial charge in [-0.25, -0.2) is 4.58 Å². The Hall–Kier alpha value is -2.06.